The van der Waals surface area contributed by atoms with E-state index in [0.717, 1.165) is 38.5 Å². The van der Waals surface area contributed by atoms with Crippen LogP contribution < -0.4 is 11.1 Å². The minimum atomic E-state index is -0.226. The number of carbonyl (C=O) groups excluding carboxylic acids is 1. The van der Waals surface area contributed by atoms with E-state index in [-0.39, 0.29) is 11.9 Å². The fourth-order valence-corrected chi connectivity index (χ4v) is 2.41. The highest BCUT2D eigenvalue weighted by atomic mass is 16.1. The van der Waals surface area contributed by atoms with Gasteiger partial charge in [0.15, 0.2) is 0 Å². The Bertz CT molecular complexity index is 225. The van der Waals surface area contributed by atoms with E-state index in [1.807, 2.05) is 0 Å². The van der Waals surface area contributed by atoms with E-state index >= 15 is 0 Å². The molecule has 1 aliphatic heterocycles. The molecule has 0 aromatic heterocycles. The van der Waals surface area contributed by atoms with E-state index in [4.69, 9.17) is 5.73 Å². The van der Waals surface area contributed by atoms with Gasteiger partial charge in [0.1, 0.15) is 0 Å². The summed E-state index contributed by atoms with van der Waals surface area (Å²) in [5, 5.41) is 3.23. The van der Waals surface area contributed by atoms with Crippen LogP contribution >= 0.6 is 0 Å². The number of piperidine rings is 1. The number of amides is 1. The molecule has 17 heavy (non-hydrogen) atoms. The molecule has 1 atom stereocenters. The van der Waals surface area contributed by atoms with E-state index in [1.54, 1.807) is 0 Å². The van der Waals surface area contributed by atoms with Gasteiger partial charge < -0.3 is 16.0 Å². The summed E-state index contributed by atoms with van der Waals surface area (Å²) in [6, 6.07) is -0.187. The van der Waals surface area contributed by atoms with E-state index in [0.29, 0.717) is 0 Å². The topological polar surface area (TPSA) is 58.4 Å². The Hall–Kier alpha value is -0.610. The fourth-order valence-electron chi connectivity index (χ4n) is 2.41. The maximum absolute atomic E-state index is 11.3. The lowest BCUT2D eigenvalue weighted by Gasteiger charge is -2.33. The molecule has 0 bridgehead atoms. The molecule has 0 aromatic rings. The van der Waals surface area contributed by atoms with Gasteiger partial charge in [-0.1, -0.05) is 20.3 Å². The van der Waals surface area contributed by atoms with Crippen molar-refractivity contribution in [3.63, 3.8) is 0 Å². The molecule has 1 unspecified atom stereocenters. The van der Waals surface area contributed by atoms with Crippen molar-refractivity contribution in [2.24, 2.45) is 11.7 Å². The molecule has 4 nitrogen and oxygen atoms in total. The second kappa shape index (κ2) is 7.67. The van der Waals surface area contributed by atoms with Crippen LogP contribution in [0.4, 0.5) is 0 Å². The van der Waals surface area contributed by atoms with Crippen molar-refractivity contribution in [1.82, 2.24) is 10.2 Å². The number of primary amides is 1. The smallest absolute Gasteiger partial charge is 0.235 e. The molecule has 0 spiro atoms. The van der Waals surface area contributed by atoms with Crippen molar-refractivity contribution in [3.05, 3.63) is 0 Å². The molecule has 1 fully saturated rings. The Kier molecular flexibility index (Phi) is 6.52. The van der Waals surface area contributed by atoms with Crippen LogP contribution in [0.3, 0.4) is 0 Å². The van der Waals surface area contributed by atoms with Gasteiger partial charge in [0.25, 0.3) is 0 Å². The van der Waals surface area contributed by atoms with Crippen LogP contribution in [0, 0.1) is 5.92 Å². The predicted octanol–water partition coefficient (Wildman–Crippen LogP) is 0.962. The first-order valence-electron chi connectivity index (χ1n) is 6.92. The largest absolute Gasteiger partial charge is 0.368 e. The van der Waals surface area contributed by atoms with Gasteiger partial charge in [-0.3, -0.25) is 4.79 Å². The van der Waals surface area contributed by atoms with Crippen LogP contribution in [0.5, 0.6) is 0 Å². The molecule has 1 heterocycles. The third kappa shape index (κ3) is 5.04. The summed E-state index contributed by atoms with van der Waals surface area (Å²) < 4.78 is 0. The number of nitrogens with zero attached hydrogens (tertiary/aromatic N) is 1. The minimum Gasteiger partial charge on any atom is -0.368 e. The maximum atomic E-state index is 11.3. The van der Waals surface area contributed by atoms with Gasteiger partial charge >= 0.3 is 0 Å². The Morgan fingerprint density at radius 1 is 1.41 bits per heavy atom. The van der Waals surface area contributed by atoms with Crippen molar-refractivity contribution in [2.45, 2.75) is 45.6 Å². The molecule has 3 N–H and O–H groups in total. The first kappa shape index (κ1) is 14.5. The van der Waals surface area contributed by atoms with Crippen LogP contribution in [-0.4, -0.2) is 43.0 Å². The van der Waals surface area contributed by atoms with E-state index in [9.17, 15) is 4.79 Å². The molecule has 1 aliphatic rings. The number of nitrogens with two attached hydrogens (primary N) is 1. The SMILES string of the molecule is CCCNC(CN1CCC(CC)CC1)C(N)=O. The molecule has 0 radical (unpaired) electrons. The lowest BCUT2D eigenvalue weighted by Crippen LogP contribution is -2.50. The highest BCUT2D eigenvalue weighted by Gasteiger charge is 2.22. The van der Waals surface area contributed by atoms with Gasteiger partial charge in [-0.15, -0.1) is 0 Å². The molecular weight excluding hydrogens is 214 g/mol. The van der Waals surface area contributed by atoms with Crippen LogP contribution in [0.2, 0.25) is 0 Å². The number of rotatable bonds is 7. The summed E-state index contributed by atoms with van der Waals surface area (Å²) in [4.78, 5) is 13.7. The molecule has 0 saturated carbocycles. The van der Waals surface area contributed by atoms with Crippen LogP contribution in [0.25, 0.3) is 0 Å². The quantitative estimate of drug-likeness (QED) is 0.698. The molecule has 100 valence electrons. The van der Waals surface area contributed by atoms with Crippen LogP contribution in [0.15, 0.2) is 0 Å². The van der Waals surface area contributed by atoms with Crippen LogP contribution in [0.1, 0.15) is 39.5 Å². The maximum Gasteiger partial charge on any atom is 0.235 e. The highest BCUT2D eigenvalue weighted by Crippen LogP contribution is 2.19. The molecule has 0 aromatic carbocycles. The molecule has 4 heteroatoms. The summed E-state index contributed by atoms with van der Waals surface area (Å²) >= 11 is 0. The lowest BCUT2D eigenvalue weighted by atomic mass is 9.94. The Balaban J connectivity index is 2.32. The fraction of sp³-hybridized carbons (Fsp3) is 0.923. The summed E-state index contributed by atoms with van der Waals surface area (Å²) in [5.41, 5.74) is 5.42. The number of hydrogen-bond donors (Lipinski definition) is 2. The van der Waals surface area contributed by atoms with E-state index < -0.39 is 0 Å². The van der Waals surface area contributed by atoms with E-state index in [2.05, 4.69) is 24.1 Å². The zero-order valence-corrected chi connectivity index (χ0v) is 11.2. The average molecular weight is 241 g/mol. The Labute approximate surface area is 105 Å². The Morgan fingerprint density at radius 2 is 2.06 bits per heavy atom. The van der Waals surface area contributed by atoms with E-state index in [1.165, 1.54) is 19.3 Å². The Morgan fingerprint density at radius 3 is 2.53 bits per heavy atom. The first-order valence-corrected chi connectivity index (χ1v) is 6.92. The second-order valence-corrected chi connectivity index (χ2v) is 5.06. The number of nitrogens with one attached hydrogen (secondary N) is 1. The summed E-state index contributed by atoms with van der Waals surface area (Å²) in [5.74, 6) is 0.651. The summed E-state index contributed by atoms with van der Waals surface area (Å²) in [6.45, 7) is 8.20. The predicted molar refractivity (Wildman–Crippen MR) is 70.7 cm³/mol. The molecule has 1 saturated heterocycles. The van der Waals surface area contributed by atoms with Crippen molar-refractivity contribution in [1.29, 1.82) is 0 Å². The van der Waals surface area contributed by atoms with Gasteiger partial charge in [0.2, 0.25) is 5.91 Å². The number of likely N-dealkylation sites (tertiary alicyclic amines) is 1. The van der Waals surface area contributed by atoms with Crippen molar-refractivity contribution in [3.8, 4) is 0 Å². The number of carbonyl (C=O) groups is 1. The van der Waals surface area contributed by atoms with Crippen molar-refractivity contribution < 1.29 is 4.79 Å². The standard InChI is InChI=1S/C13H27N3O/c1-3-7-15-12(13(14)17)10-16-8-5-11(4-2)6-9-16/h11-12,15H,3-10H2,1-2H3,(H2,14,17). The first-order chi connectivity index (χ1) is 8.17. The van der Waals surface area contributed by atoms with Gasteiger partial charge in [0, 0.05) is 6.54 Å². The molecule has 1 rings (SSSR count). The van der Waals surface area contributed by atoms with Crippen LogP contribution in [-0.2, 0) is 4.79 Å². The van der Waals surface area contributed by atoms with Crippen molar-refractivity contribution in [2.75, 3.05) is 26.2 Å². The van der Waals surface area contributed by atoms with Gasteiger partial charge in [-0.25, -0.2) is 0 Å². The highest BCUT2D eigenvalue weighted by molar-refractivity contribution is 5.80. The summed E-state index contributed by atoms with van der Waals surface area (Å²) in [7, 11) is 0. The molecule has 0 aliphatic carbocycles. The van der Waals surface area contributed by atoms with Gasteiger partial charge in [-0.05, 0) is 44.8 Å². The molecular formula is C13H27N3O. The van der Waals surface area contributed by atoms with Gasteiger partial charge in [0.05, 0.1) is 6.04 Å². The average Bonchev–Trinajstić information content (AvgIpc) is 2.35. The second-order valence-electron chi connectivity index (χ2n) is 5.06. The zero-order valence-electron chi connectivity index (χ0n) is 11.2. The zero-order chi connectivity index (χ0) is 12.7. The number of hydrogen-bond acceptors (Lipinski definition) is 3. The lowest BCUT2D eigenvalue weighted by molar-refractivity contribution is -0.120. The monoisotopic (exact) mass is 241 g/mol. The van der Waals surface area contributed by atoms with Gasteiger partial charge in [-0.2, -0.15) is 0 Å². The summed E-state index contributed by atoms with van der Waals surface area (Å²) in [6.07, 6.45) is 4.83. The normalized spacial score (nSPS) is 20.4. The molecule has 1 amide bonds. The minimum absolute atomic E-state index is 0.187. The van der Waals surface area contributed by atoms with Crippen molar-refractivity contribution >= 4 is 5.91 Å². The third-order valence-electron chi connectivity index (χ3n) is 3.71. The third-order valence-corrected chi connectivity index (χ3v) is 3.71.